The second kappa shape index (κ2) is 9.94. The molecular weight excluding hydrogens is 344 g/mol. The van der Waals surface area contributed by atoms with E-state index in [4.69, 9.17) is 9.47 Å². The number of rotatable bonds is 6. The van der Waals surface area contributed by atoms with Gasteiger partial charge in [-0.25, -0.2) is 4.79 Å². The number of nitrogens with zero attached hydrogens (tertiary/aromatic N) is 1. The van der Waals surface area contributed by atoms with Gasteiger partial charge in [-0.3, -0.25) is 0 Å². The van der Waals surface area contributed by atoms with Gasteiger partial charge in [0.15, 0.2) is 0 Å². The first kappa shape index (κ1) is 19.2. The van der Waals surface area contributed by atoms with E-state index in [0.717, 1.165) is 18.6 Å². The fourth-order valence-electron chi connectivity index (χ4n) is 2.95. The Labute approximate surface area is 159 Å². The Morgan fingerprint density at radius 3 is 2.93 bits per heavy atom. The molecule has 1 heterocycles. The molecule has 1 saturated heterocycles. The number of aryl methyl sites for hydroxylation is 1. The third kappa shape index (κ3) is 6.27. The zero-order valence-corrected chi connectivity index (χ0v) is 15.3. The van der Waals surface area contributed by atoms with E-state index in [2.05, 4.69) is 17.4 Å². The van der Waals surface area contributed by atoms with Gasteiger partial charge in [0.25, 0.3) is 0 Å². The molecule has 6 heteroatoms. The van der Waals surface area contributed by atoms with Gasteiger partial charge < -0.3 is 24.8 Å². The number of hydrogen-bond donors (Lipinski definition) is 2. The fourth-order valence-corrected chi connectivity index (χ4v) is 2.95. The number of nitrogens with one attached hydrogen (secondary N) is 1. The normalized spacial score (nSPS) is 17.2. The van der Waals surface area contributed by atoms with Crippen molar-refractivity contribution in [1.29, 1.82) is 0 Å². The van der Waals surface area contributed by atoms with E-state index >= 15 is 0 Å². The third-order valence-electron chi connectivity index (χ3n) is 4.34. The zero-order chi connectivity index (χ0) is 18.9. The SMILES string of the molecule is O=C(Nc1cccc(OCCCc2ccccc2)c1)N1CCOCC(O)C1. The topological polar surface area (TPSA) is 71.0 Å². The molecule has 27 heavy (non-hydrogen) atoms. The van der Waals surface area contributed by atoms with Crippen molar-refractivity contribution in [3.8, 4) is 5.75 Å². The Balaban J connectivity index is 1.47. The highest BCUT2D eigenvalue weighted by Gasteiger charge is 2.20. The van der Waals surface area contributed by atoms with Crippen LogP contribution in [0.3, 0.4) is 0 Å². The first-order chi connectivity index (χ1) is 13.2. The van der Waals surface area contributed by atoms with E-state index in [1.807, 2.05) is 42.5 Å². The Morgan fingerprint density at radius 2 is 2.07 bits per heavy atom. The summed E-state index contributed by atoms with van der Waals surface area (Å²) in [4.78, 5) is 14.0. The molecule has 0 spiro atoms. The lowest BCUT2D eigenvalue weighted by Crippen LogP contribution is -2.40. The quantitative estimate of drug-likeness (QED) is 0.767. The molecule has 6 nitrogen and oxygen atoms in total. The number of urea groups is 1. The minimum atomic E-state index is -0.655. The molecule has 0 saturated carbocycles. The lowest BCUT2D eigenvalue weighted by molar-refractivity contribution is 0.0575. The Morgan fingerprint density at radius 1 is 1.22 bits per heavy atom. The highest BCUT2D eigenvalue weighted by Crippen LogP contribution is 2.18. The maximum Gasteiger partial charge on any atom is 0.322 e. The largest absolute Gasteiger partial charge is 0.494 e. The number of aliphatic hydroxyl groups is 1. The summed E-state index contributed by atoms with van der Waals surface area (Å²) in [5.74, 6) is 0.722. The molecule has 1 aliphatic rings. The number of hydrogen-bond acceptors (Lipinski definition) is 4. The standard InChI is InChI=1S/C21H26N2O4/c24-19-15-23(11-13-26-16-19)21(25)22-18-9-4-10-20(14-18)27-12-5-8-17-6-2-1-3-7-17/h1-4,6-7,9-10,14,19,24H,5,8,11-13,15-16H2,(H,22,25). The van der Waals surface area contributed by atoms with Crippen molar-refractivity contribution in [3.05, 3.63) is 60.2 Å². The van der Waals surface area contributed by atoms with Crippen LogP contribution in [0.4, 0.5) is 10.5 Å². The average Bonchev–Trinajstić information content (AvgIpc) is 2.91. The van der Waals surface area contributed by atoms with Gasteiger partial charge in [0.1, 0.15) is 5.75 Å². The zero-order valence-electron chi connectivity index (χ0n) is 15.3. The van der Waals surface area contributed by atoms with E-state index in [1.165, 1.54) is 5.56 Å². The van der Waals surface area contributed by atoms with Crippen LogP contribution in [-0.2, 0) is 11.2 Å². The number of benzene rings is 2. The molecule has 1 fully saturated rings. The molecule has 2 aromatic rings. The molecule has 3 rings (SSSR count). The number of amides is 2. The van der Waals surface area contributed by atoms with Crippen molar-refractivity contribution in [3.63, 3.8) is 0 Å². The van der Waals surface area contributed by atoms with Gasteiger partial charge in [-0.15, -0.1) is 0 Å². The number of β-amino-alcohol motifs (C(OH)–C–C–N with tert-alkyl or cyclic N) is 1. The lowest BCUT2D eigenvalue weighted by atomic mass is 10.1. The summed E-state index contributed by atoms with van der Waals surface area (Å²) in [6, 6.07) is 17.4. The van der Waals surface area contributed by atoms with Gasteiger partial charge in [-0.1, -0.05) is 36.4 Å². The molecule has 1 unspecified atom stereocenters. The Hall–Kier alpha value is -2.57. The maximum atomic E-state index is 12.4. The maximum absolute atomic E-state index is 12.4. The van der Waals surface area contributed by atoms with Crippen LogP contribution in [0.15, 0.2) is 54.6 Å². The summed E-state index contributed by atoms with van der Waals surface area (Å²) in [7, 11) is 0. The van der Waals surface area contributed by atoms with Crippen LogP contribution in [0.1, 0.15) is 12.0 Å². The van der Waals surface area contributed by atoms with Gasteiger partial charge in [-0.05, 0) is 30.5 Å². The van der Waals surface area contributed by atoms with Crippen LogP contribution in [0.5, 0.6) is 5.75 Å². The molecule has 144 valence electrons. The summed E-state index contributed by atoms with van der Waals surface area (Å²) in [6.45, 7) is 2.02. The minimum Gasteiger partial charge on any atom is -0.494 e. The molecule has 1 atom stereocenters. The number of anilines is 1. The summed E-state index contributed by atoms with van der Waals surface area (Å²) < 4.78 is 11.1. The van der Waals surface area contributed by atoms with Gasteiger partial charge >= 0.3 is 6.03 Å². The highest BCUT2D eigenvalue weighted by atomic mass is 16.5. The minimum absolute atomic E-state index is 0.249. The van der Waals surface area contributed by atoms with Gasteiger partial charge in [0.05, 0.1) is 32.5 Å². The van der Waals surface area contributed by atoms with Crippen molar-refractivity contribution in [1.82, 2.24) is 4.90 Å². The Bertz CT molecular complexity index is 723. The van der Waals surface area contributed by atoms with E-state index in [9.17, 15) is 9.90 Å². The summed E-state index contributed by atoms with van der Waals surface area (Å²) in [6.07, 6.45) is 1.24. The van der Waals surface area contributed by atoms with Crippen LogP contribution in [-0.4, -0.2) is 55.1 Å². The molecule has 0 bridgehead atoms. The van der Waals surface area contributed by atoms with Crippen molar-refractivity contribution < 1.29 is 19.4 Å². The van der Waals surface area contributed by atoms with Crippen molar-refractivity contribution in [2.75, 3.05) is 38.2 Å². The number of ether oxygens (including phenoxy) is 2. The number of carbonyl (C=O) groups excluding carboxylic acids is 1. The summed E-state index contributed by atoms with van der Waals surface area (Å²) in [5.41, 5.74) is 1.96. The molecule has 0 aromatic heterocycles. The fraction of sp³-hybridized carbons (Fsp3) is 0.381. The average molecular weight is 370 g/mol. The van der Waals surface area contributed by atoms with Crippen molar-refractivity contribution in [2.45, 2.75) is 18.9 Å². The van der Waals surface area contributed by atoms with E-state index in [0.29, 0.717) is 25.4 Å². The molecule has 1 aliphatic heterocycles. The Kier molecular flexibility index (Phi) is 7.07. The molecule has 0 aliphatic carbocycles. The van der Waals surface area contributed by atoms with Crippen LogP contribution in [0.25, 0.3) is 0 Å². The number of aliphatic hydroxyl groups excluding tert-OH is 1. The van der Waals surface area contributed by atoms with E-state index in [-0.39, 0.29) is 19.2 Å². The van der Waals surface area contributed by atoms with Crippen LogP contribution in [0, 0.1) is 0 Å². The van der Waals surface area contributed by atoms with Crippen molar-refractivity contribution in [2.24, 2.45) is 0 Å². The second-order valence-corrected chi connectivity index (χ2v) is 6.57. The molecule has 0 radical (unpaired) electrons. The van der Waals surface area contributed by atoms with Crippen molar-refractivity contribution >= 4 is 11.7 Å². The van der Waals surface area contributed by atoms with Gasteiger partial charge in [-0.2, -0.15) is 0 Å². The molecule has 2 amide bonds. The monoisotopic (exact) mass is 370 g/mol. The predicted molar refractivity (Wildman–Crippen MR) is 104 cm³/mol. The predicted octanol–water partition coefficient (Wildman–Crippen LogP) is 2.92. The molecule has 2 N–H and O–H groups in total. The van der Waals surface area contributed by atoms with E-state index < -0.39 is 6.10 Å². The van der Waals surface area contributed by atoms with Gasteiger partial charge in [0, 0.05) is 18.3 Å². The van der Waals surface area contributed by atoms with E-state index in [1.54, 1.807) is 4.90 Å². The third-order valence-corrected chi connectivity index (χ3v) is 4.34. The highest BCUT2D eigenvalue weighted by molar-refractivity contribution is 5.89. The molecular formula is C21H26N2O4. The van der Waals surface area contributed by atoms with Gasteiger partial charge in [0.2, 0.25) is 0 Å². The first-order valence-electron chi connectivity index (χ1n) is 9.29. The smallest absolute Gasteiger partial charge is 0.322 e. The van der Waals surface area contributed by atoms with Crippen LogP contribution >= 0.6 is 0 Å². The van der Waals surface area contributed by atoms with Crippen LogP contribution < -0.4 is 10.1 Å². The lowest BCUT2D eigenvalue weighted by Gasteiger charge is -2.21. The summed E-state index contributed by atoms with van der Waals surface area (Å²) >= 11 is 0. The number of carbonyl (C=O) groups is 1. The second-order valence-electron chi connectivity index (χ2n) is 6.57. The summed E-state index contributed by atoms with van der Waals surface area (Å²) in [5, 5.41) is 12.6. The first-order valence-corrected chi connectivity index (χ1v) is 9.29. The van der Waals surface area contributed by atoms with Crippen LogP contribution in [0.2, 0.25) is 0 Å². The molecule has 2 aromatic carbocycles.